The molecule has 4 aromatic carbocycles. The first-order valence-electron chi connectivity index (χ1n) is 15.8. The summed E-state index contributed by atoms with van der Waals surface area (Å²) in [6.45, 7) is 1.18. The molecule has 254 valence electrons. The zero-order valence-corrected chi connectivity index (χ0v) is 26.7. The maximum atomic E-state index is 14.5. The molecule has 1 aliphatic heterocycles. The molecule has 1 fully saturated rings. The highest BCUT2D eigenvalue weighted by Crippen LogP contribution is 2.25. The number of ketones is 1. The van der Waals surface area contributed by atoms with Crippen LogP contribution in [-0.2, 0) is 22.6 Å². The number of piperazine rings is 1. The molecule has 5 aromatic rings. The monoisotopic (exact) mass is 681 g/mol. The summed E-state index contributed by atoms with van der Waals surface area (Å²) >= 11 is 0. The van der Waals surface area contributed by atoms with Gasteiger partial charge in [0.15, 0.2) is 11.6 Å². The van der Waals surface area contributed by atoms with Crippen molar-refractivity contribution < 1.29 is 32.3 Å². The van der Waals surface area contributed by atoms with Crippen molar-refractivity contribution in [3.63, 3.8) is 0 Å². The van der Waals surface area contributed by atoms with E-state index in [9.17, 15) is 37.1 Å². The minimum Gasteiger partial charge on any atom is -0.507 e. The summed E-state index contributed by atoms with van der Waals surface area (Å²) in [5.41, 5.74) is 1.68. The van der Waals surface area contributed by atoms with Gasteiger partial charge in [-0.25, -0.2) is 17.6 Å². The Labute approximate surface area is 285 Å². The molecule has 50 heavy (non-hydrogen) atoms. The fraction of sp³-hybridized carbons (Fsp3) is 0.154. The predicted octanol–water partition coefficient (Wildman–Crippen LogP) is 6.53. The van der Waals surface area contributed by atoms with Crippen molar-refractivity contribution in [2.75, 3.05) is 31.1 Å². The second-order valence-electron chi connectivity index (χ2n) is 11.9. The number of aliphatic hydroxyl groups is 1. The average Bonchev–Trinajstić information content (AvgIpc) is 3.13. The zero-order chi connectivity index (χ0) is 35.4. The molecular formula is C39H31F4N3O4. The van der Waals surface area contributed by atoms with E-state index in [0.29, 0.717) is 30.8 Å². The van der Waals surface area contributed by atoms with Gasteiger partial charge < -0.3 is 19.5 Å². The molecule has 1 N–H and O–H groups in total. The predicted molar refractivity (Wildman–Crippen MR) is 182 cm³/mol. The molecule has 0 saturated carbocycles. The lowest BCUT2D eigenvalue weighted by molar-refractivity contribution is -0.142. The van der Waals surface area contributed by atoms with Crippen molar-refractivity contribution in [2.45, 2.75) is 13.0 Å². The van der Waals surface area contributed by atoms with Crippen LogP contribution in [0.5, 0.6) is 0 Å². The Hall–Kier alpha value is -5.97. The molecule has 0 unspecified atom stereocenters. The van der Waals surface area contributed by atoms with Gasteiger partial charge in [0, 0.05) is 56.1 Å². The molecule has 1 aromatic heterocycles. The number of pyridine rings is 1. The quantitative estimate of drug-likeness (QED) is 0.0630. The van der Waals surface area contributed by atoms with Crippen LogP contribution in [0.3, 0.4) is 0 Å². The largest absolute Gasteiger partial charge is 0.507 e. The number of hydrogen-bond acceptors (Lipinski definition) is 5. The van der Waals surface area contributed by atoms with Crippen molar-refractivity contribution in [3.8, 4) is 11.1 Å². The van der Waals surface area contributed by atoms with E-state index in [4.69, 9.17) is 0 Å². The molecule has 0 aliphatic carbocycles. The van der Waals surface area contributed by atoms with E-state index < -0.39 is 63.8 Å². The van der Waals surface area contributed by atoms with E-state index in [1.165, 1.54) is 29.3 Å². The summed E-state index contributed by atoms with van der Waals surface area (Å²) in [5.74, 6) is -7.09. The van der Waals surface area contributed by atoms with Crippen LogP contribution < -0.4 is 10.5 Å². The van der Waals surface area contributed by atoms with Crippen LogP contribution in [0.4, 0.5) is 23.2 Å². The Morgan fingerprint density at radius 3 is 2.12 bits per heavy atom. The number of rotatable bonds is 9. The number of hydrogen-bond donors (Lipinski definition) is 1. The third-order valence-corrected chi connectivity index (χ3v) is 8.57. The SMILES string of the molecule is O=C(C=C(O)c1cc(Cc2c(F)ccc(F)c2F)cn(Cc2cccc(F)c2)c1=O)C(=O)N1CCN(c2ccc(-c3ccccc3)cc2)CC1. The van der Waals surface area contributed by atoms with Gasteiger partial charge in [0.25, 0.3) is 11.5 Å². The van der Waals surface area contributed by atoms with Crippen LogP contribution in [0.1, 0.15) is 22.3 Å². The minimum atomic E-state index is -1.42. The summed E-state index contributed by atoms with van der Waals surface area (Å²) in [6, 6.07) is 25.9. The van der Waals surface area contributed by atoms with E-state index in [0.717, 1.165) is 33.5 Å². The van der Waals surface area contributed by atoms with Crippen LogP contribution in [-0.4, -0.2) is 52.4 Å². The molecule has 7 nitrogen and oxygen atoms in total. The molecule has 0 bridgehead atoms. The second kappa shape index (κ2) is 14.7. The number of carbonyl (C=O) groups excluding carboxylic acids is 2. The zero-order valence-electron chi connectivity index (χ0n) is 26.7. The number of halogens is 4. The number of amides is 1. The first kappa shape index (κ1) is 33.9. The van der Waals surface area contributed by atoms with Gasteiger partial charge in [-0.2, -0.15) is 0 Å². The summed E-state index contributed by atoms with van der Waals surface area (Å²) in [5, 5.41) is 11.0. The minimum absolute atomic E-state index is 0.0750. The van der Waals surface area contributed by atoms with Crippen molar-refractivity contribution >= 4 is 23.1 Å². The van der Waals surface area contributed by atoms with Gasteiger partial charge in [0.05, 0.1) is 12.1 Å². The van der Waals surface area contributed by atoms with E-state index in [2.05, 4.69) is 4.90 Å². The average molecular weight is 682 g/mol. The van der Waals surface area contributed by atoms with Crippen LogP contribution in [0.15, 0.2) is 114 Å². The fourth-order valence-electron chi connectivity index (χ4n) is 5.95. The Bertz CT molecular complexity index is 2140. The third kappa shape index (κ3) is 7.52. The Morgan fingerprint density at radius 1 is 0.740 bits per heavy atom. The van der Waals surface area contributed by atoms with Crippen molar-refractivity contribution in [3.05, 3.63) is 165 Å². The maximum absolute atomic E-state index is 14.5. The highest BCUT2D eigenvalue weighted by molar-refractivity contribution is 6.41. The smallest absolute Gasteiger partial charge is 0.294 e. The Balaban J connectivity index is 1.20. The van der Waals surface area contributed by atoms with Crippen LogP contribution in [0, 0.1) is 23.3 Å². The summed E-state index contributed by atoms with van der Waals surface area (Å²) < 4.78 is 58.0. The number of aliphatic hydroxyl groups excluding tert-OH is 1. The molecule has 0 atom stereocenters. The lowest BCUT2D eigenvalue weighted by Gasteiger charge is -2.35. The number of nitrogens with zero attached hydrogens (tertiary/aromatic N) is 3. The maximum Gasteiger partial charge on any atom is 0.294 e. The molecule has 2 heterocycles. The van der Waals surface area contributed by atoms with Gasteiger partial charge in [0.2, 0.25) is 5.78 Å². The van der Waals surface area contributed by atoms with Gasteiger partial charge in [-0.15, -0.1) is 0 Å². The van der Waals surface area contributed by atoms with E-state index in [-0.39, 0.29) is 25.2 Å². The molecule has 1 saturated heterocycles. The van der Waals surface area contributed by atoms with Crippen molar-refractivity contribution in [2.24, 2.45) is 0 Å². The van der Waals surface area contributed by atoms with Crippen LogP contribution in [0.2, 0.25) is 0 Å². The molecule has 1 amide bonds. The van der Waals surface area contributed by atoms with Gasteiger partial charge in [0.1, 0.15) is 17.4 Å². The molecule has 0 spiro atoms. The standard InChI is InChI=1S/C39H31F4N3O4/c40-29-8-4-5-25(19-29)23-46-24-26(20-31-33(41)13-14-34(42)37(31)43)21-32(38(46)49)35(47)22-36(48)39(50)45-17-15-44(16-18-45)30-11-9-28(10-12-30)27-6-2-1-3-7-27/h1-14,19,21-22,24,47H,15-18,20,23H2. The first-order chi connectivity index (χ1) is 24.1. The molecule has 6 rings (SSSR count). The highest BCUT2D eigenvalue weighted by Gasteiger charge is 2.26. The number of carbonyl (C=O) groups is 2. The molecule has 11 heteroatoms. The summed E-state index contributed by atoms with van der Waals surface area (Å²) in [4.78, 5) is 43.1. The van der Waals surface area contributed by atoms with Gasteiger partial charge in [-0.05, 0) is 64.7 Å². The van der Waals surface area contributed by atoms with Gasteiger partial charge >= 0.3 is 0 Å². The molecular weight excluding hydrogens is 650 g/mol. The van der Waals surface area contributed by atoms with Gasteiger partial charge in [-0.3, -0.25) is 14.4 Å². The molecule has 0 radical (unpaired) electrons. The lowest BCUT2D eigenvalue weighted by atomic mass is 10.0. The molecule has 1 aliphatic rings. The van der Waals surface area contributed by atoms with Crippen molar-refractivity contribution in [1.29, 1.82) is 0 Å². The van der Waals surface area contributed by atoms with Crippen LogP contribution >= 0.6 is 0 Å². The third-order valence-electron chi connectivity index (χ3n) is 8.57. The van der Waals surface area contributed by atoms with E-state index in [1.807, 2.05) is 54.6 Å². The first-order valence-corrected chi connectivity index (χ1v) is 15.8. The van der Waals surface area contributed by atoms with E-state index >= 15 is 0 Å². The van der Waals surface area contributed by atoms with Gasteiger partial charge in [-0.1, -0.05) is 54.6 Å². The number of aromatic nitrogens is 1. The Morgan fingerprint density at radius 2 is 1.42 bits per heavy atom. The topological polar surface area (TPSA) is 82.8 Å². The van der Waals surface area contributed by atoms with E-state index in [1.54, 1.807) is 6.07 Å². The fourth-order valence-corrected chi connectivity index (χ4v) is 5.95. The number of anilines is 1. The summed E-state index contributed by atoms with van der Waals surface area (Å²) in [7, 11) is 0. The van der Waals surface area contributed by atoms with Crippen molar-refractivity contribution in [1.82, 2.24) is 9.47 Å². The second-order valence-corrected chi connectivity index (χ2v) is 11.9. The van der Waals surface area contributed by atoms with Crippen LogP contribution in [0.25, 0.3) is 16.9 Å². The number of benzene rings is 4. The highest BCUT2D eigenvalue weighted by atomic mass is 19.2. The normalized spacial score (nSPS) is 13.4. The Kier molecular flexibility index (Phi) is 9.94. The summed E-state index contributed by atoms with van der Waals surface area (Å²) in [6.07, 6.45) is 1.36. The lowest BCUT2D eigenvalue weighted by Crippen LogP contribution is -2.50.